The normalized spacial score (nSPS) is 18.5. The summed E-state index contributed by atoms with van der Waals surface area (Å²) in [5.41, 5.74) is 2.93. The van der Waals surface area contributed by atoms with Gasteiger partial charge >= 0.3 is 5.69 Å². The van der Waals surface area contributed by atoms with E-state index in [2.05, 4.69) is 16.5 Å². The average Bonchev–Trinajstić information content (AvgIpc) is 2.98. The summed E-state index contributed by atoms with van der Waals surface area (Å²) in [5, 5.41) is 1.07. The molecule has 9 heteroatoms. The number of anilines is 1. The molecule has 2 aromatic carbocycles. The predicted molar refractivity (Wildman–Crippen MR) is 162 cm³/mol. The molecule has 4 aromatic rings. The first kappa shape index (κ1) is 26.8. The highest BCUT2D eigenvalue weighted by Gasteiger charge is 2.34. The number of halogens is 1. The van der Waals surface area contributed by atoms with Crippen LogP contribution in [0.2, 0.25) is 5.02 Å². The smallest absolute Gasteiger partial charge is 0.355 e. The lowest BCUT2D eigenvalue weighted by Crippen LogP contribution is -2.58. The molecule has 1 amide bonds. The second-order valence-corrected chi connectivity index (χ2v) is 10.8. The summed E-state index contributed by atoms with van der Waals surface area (Å²) in [5.74, 6) is 1.03. The zero-order valence-corrected chi connectivity index (χ0v) is 23.7. The summed E-state index contributed by atoms with van der Waals surface area (Å²) >= 11 is 6.96. The van der Waals surface area contributed by atoms with Crippen molar-refractivity contribution in [1.29, 1.82) is 0 Å². The Hall–Kier alpha value is -4.43. The molecule has 1 saturated heterocycles. The highest BCUT2D eigenvalue weighted by atomic mass is 35.5. The number of piperazine rings is 1. The zero-order valence-electron chi connectivity index (χ0n) is 23.0. The number of nitrogens with zero attached hydrogens (tertiary/aromatic N) is 5. The van der Waals surface area contributed by atoms with Crippen molar-refractivity contribution in [2.24, 2.45) is 0 Å². The molecule has 0 saturated carbocycles. The highest BCUT2D eigenvalue weighted by Crippen LogP contribution is 2.38. The van der Waals surface area contributed by atoms with E-state index < -0.39 is 5.69 Å². The number of fused-ring (bicyclic) bond motifs is 5. The number of hydrogen-bond donors (Lipinski definition) is 0. The van der Waals surface area contributed by atoms with Crippen LogP contribution in [0.1, 0.15) is 19.4 Å². The minimum absolute atomic E-state index is 0.111. The topological polar surface area (TPSA) is 80.6 Å². The van der Waals surface area contributed by atoms with Crippen LogP contribution >= 0.6 is 11.6 Å². The lowest BCUT2D eigenvalue weighted by molar-refractivity contribution is -0.128. The Morgan fingerprint density at radius 1 is 1.05 bits per heavy atom. The standard InChI is InChI=1S/C32H30ClN5O3/c1-4-28(39)36-18-21(3)37(19-20(36)2)30-24-17-25(33)29-23-13-6-8-15-27(23)41-16-10-9-12-22-11-5-7-14-26(22)38(31(24)34-29)32(40)35-30/h4-11,13-15,17,20-21H,1,12,16,18-19H2,2-3H3/t20-,21+/m1/s1. The highest BCUT2D eigenvalue weighted by molar-refractivity contribution is 6.34. The van der Waals surface area contributed by atoms with Gasteiger partial charge in [-0.1, -0.05) is 60.7 Å². The molecule has 2 aliphatic rings. The maximum absolute atomic E-state index is 14.0. The van der Waals surface area contributed by atoms with Crippen molar-refractivity contribution in [2.45, 2.75) is 32.4 Å². The molecule has 8 nitrogen and oxygen atoms in total. The number of pyridine rings is 1. The van der Waals surface area contributed by atoms with E-state index in [-0.39, 0.29) is 18.0 Å². The number of rotatable bonds is 2. The summed E-state index contributed by atoms with van der Waals surface area (Å²) in [6.07, 6.45) is 5.94. The van der Waals surface area contributed by atoms with Gasteiger partial charge in [0.1, 0.15) is 18.2 Å². The van der Waals surface area contributed by atoms with Crippen LogP contribution in [-0.4, -0.2) is 57.1 Å². The van der Waals surface area contributed by atoms with Crippen molar-refractivity contribution in [3.8, 4) is 22.7 Å². The van der Waals surface area contributed by atoms with E-state index in [0.29, 0.717) is 65.1 Å². The quantitative estimate of drug-likeness (QED) is 0.244. The Kier molecular flexibility index (Phi) is 7.09. The molecule has 4 heterocycles. The molecular formula is C32H30ClN5O3. The first-order chi connectivity index (χ1) is 19.9. The molecule has 0 N–H and O–H groups in total. The summed E-state index contributed by atoms with van der Waals surface area (Å²) in [4.78, 5) is 40.0. The molecule has 208 valence electrons. The van der Waals surface area contributed by atoms with Gasteiger partial charge in [0.15, 0.2) is 5.65 Å². The summed E-state index contributed by atoms with van der Waals surface area (Å²) < 4.78 is 7.68. The lowest BCUT2D eigenvalue weighted by atomic mass is 10.1. The molecule has 0 aliphatic carbocycles. The van der Waals surface area contributed by atoms with Gasteiger partial charge in [-0.3, -0.25) is 4.79 Å². The van der Waals surface area contributed by atoms with E-state index in [1.54, 1.807) is 9.47 Å². The van der Waals surface area contributed by atoms with Gasteiger partial charge in [0, 0.05) is 30.7 Å². The number of hydrogen-bond acceptors (Lipinski definition) is 6. The van der Waals surface area contributed by atoms with E-state index in [0.717, 1.165) is 11.1 Å². The van der Waals surface area contributed by atoms with Gasteiger partial charge in [0.05, 0.1) is 21.8 Å². The Bertz CT molecular complexity index is 1760. The molecule has 2 atom stereocenters. The molecule has 6 rings (SSSR count). The third-order valence-corrected chi connectivity index (χ3v) is 8.02. The number of allylic oxidation sites excluding steroid dienone is 1. The number of benzene rings is 2. The Morgan fingerprint density at radius 3 is 2.66 bits per heavy atom. The minimum Gasteiger partial charge on any atom is -0.489 e. The van der Waals surface area contributed by atoms with Gasteiger partial charge in [0.25, 0.3) is 0 Å². The van der Waals surface area contributed by atoms with E-state index >= 15 is 0 Å². The van der Waals surface area contributed by atoms with Crippen molar-refractivity contribution >= 4 is 34.4 Å². The Morgan fingerprint density at radius 2 is 1.83 bits per heavy atom. The molecule has 1 fully saturated rings. The number of carbonyl (C=O) groups excluding carboxylic acids is 1. The second-order valence-electron chi connectivity index (χ2n) is 10.4. The van der Waals surface area contributed by atoms with Crippen LogP contribution in [0.3, 0.4) is 0 Å². The SMILES string of the molecule is C=CC(=O)N1C[C@H](C)N(c2nc(=O)n3c4nc(c(Cl)cc24)-c2ccccc2OCC=CCc2ccccc2-3)C[C@H]1C. The van der Waals surface area contributed by atoms with Crippen LogP contribution in [0.5, 0.6) is 5.75 Å². The summed E-state index contributed by atoms with van der Waals surface area (Å²) in [7, 11) is 0. The van der Waals surface area contributed by atoms with Crippen molar-refractivity contribution < 1.29 is 9.53 Å². The summed E-state index contributed by atoms with van der Waals surface area (Å²) in [6.45, 7) is 8.99. The van der Waals surface area contributed by atoms with Gasteiger partial charge in [-0.05, 0) is 56.2 Å². The number of carbonyl (C=O) groups is 1. The number of aromatic nitrogens is 3. The lowest BCUT2D eigenvalue weighted by Gasteiger charge is -2.44. The fraction of sp³-hybridized carbons (Fsp3) is 0.250. The molecule has 0 radical (unpaired) electrons. The first-order valence-corrected chi connectivity index (χ1v) is 14.0. The van der Waals surface area contributed by atoms with E-state index in [4.69, 9.17) is 21.3 Å². The molecule has 2 bridgehead atoms. The first-order valence-electron chi connectivity index (χ1n) is 13.7. The third kappa shape index (κ3) is 4.78. The van der Waals surface area contributed by atoms with Crippen LogP contribution in [0.25, 0.3) is 28.0 Å². The van der Waals surface area contributed by atoms with Crippen molar-refractivity contribution in [3.63, 3.8) is 0 Å². The van der Waals surface area contributed by atoms with Crippen molar-refractivity contribution in [3.05, 3.63) is 100 Å². The molecule has 41 heavy (non-hydrogen) atoms. The van der Waals surface area contributed by atoms with Crippen LogP contribution in [-0.2, 0) is 11.2 Å². The van der Waals surface area contributed by atoms with Gasteiger partial charge < -0.3 is 14.5 Å². The zero-order chi connectivity index (χ0) is 28.7. The van der Waals surface area contributed by atoms with E-state index in [1.165, 1.54) is 6.08 Å². The molecule has 2 aliphatic heterocycles. The minimum atomic E-state index is -0.437. The van der Waals surface area contributed by atoms with Crippen molar-refractivity contribution in [2.75, 3.05) is 24.6 Å². The van der Waals surface area contributed by atoms with E-state index in [9.17, 15) is 9.59 Å². The van der Waals surface area contributed by atoms with Gasteiger partial charge in [-0.25, -0.2) is 14.3 Å². The Labute approximate surface area is 243 Å². The maximum Gasteiger partial charge on any atom is 0.355 e. The molecule has 0 unspecified atom stereocenters. The third-order valence-electron chi connectivity index (χ3n) is 7.73. The number of amides is 1. The van der Waals surface area contributed by atoms with Crippen LogP contribution < -0.4 is 15.3 Å². The van der Waals surface area contributed by atoms with Gasteiger partial charge in [0.2, 0.25) is 5.91 Å². The predicted octanol–water partition coefficient (Wildman–Crippen LogP) is 5.20. The fourth-order valence-electron chi connectivity index (χ4n) is 5.68. The molecule has 0 spiro atoms. The van der Waals surface area contributed by atoms with Crippen molar-refractivity contribution in [1.82, 2.24) is 19.4 Å². The molecule has 2 aromatic heterocycles. The second kappa shape index (κ2) is 10.9. The summed E-state index contributed by atoms with van der Waals surface area (Å²) in [6, 6.07) is 17.0. The van der Waals surface area contributed by atoms with Gasteiger partial charge in [-0.2, -0.15) is 4.98 Å². The van der Waals surface area contributed by atoms with Crippen LogP contribution in [0.15, 0.2) is 84.2 Å². The average molecular weight is 568 g/mol. The number of ether oxygens (including phenoxy) is 1. The van der Waals surface area contributed by atoms with Crippen LogP contribution in [0.4, 0.5) is 5.82 Å². The maximum atomic E-state index is 14.0. The van der Waals surface area contributed by atoms with Gasteiger partial charge in [-0.15, -0.1) is 0 Å². The molecular weight excluding hydrogens is 538 g/mol. The monoisotopic (exact) mass is 567 g/mol. The number of para-hydroxylation sites is 2. The Balaban J connectivity index is 1.63. The van der Waals surface area contributed by atoms with E-state index in [1.807, 2.05) is 80.6 Å². The largest absolute Gasteiger partial charge is 0.489 e. The van der Waals surface area contributed by atoms with Crippen LogP contribution in [0, 0.1) is 0 Å². The fourth-order valence-corrected chi connectivity index (χ4v) is 5.94.